The van der Waals surface area contributed by atoms with Gasteiger partial charge in [0.15, 0.2) is 0 Å². The van der Waals surface area contributed by atoms with Gasteiger partial charge in [0.1, 0.15) is 4.90 Å². The van der Waals surface area contributed by atoms with Gasteiger partial charge >= 0.3 is 28.3 Å². The molecule has 13 heteroatoms. The molecule has 12 nitrogen and oxygen atoms in total. The van der Waals surface area contributed by atoms with Crippen LogP contribution in [0.3, 0.4) is 0 Å². The summed E-state index contributed by atoms with van der Waals surface area (Å²) in [5.41, 5.74) is 0.832. The Morgan fingerprint density at radius 2 is 1.64 bits per heavy atom. The van der Waals surface area contributed by atoms with E-state index in [-0.39, 0.29) is 9.63 Å². The first-order valence-electron chi connectivity index (χ1n) is 7.52. The highest BCUT2D eigenvalue weighted by molar-refractivity contribution is 7.87. The molecule has 1 heterocycles. The highest BCUT2D eigenvalue weighted by Crippen LogP contribution is 2.20. The monoisotopic (exact) mass is 412 g/mol. The minimum atomic E-state index is -4.31. The number of hydrogen-bond acceptors (Lipinski definition) is 9. The quantitative estimate of drug-likeness (QED) is 0.417. The first-order chi connectivity index (χ1) is 13.2. The van der Waals surface area contributed by atoms with E-state index < -0.39 is 40.0 Å². The number of benzene rings is 1. The van der Waals surface area contributed by atoms with Crippen molar-refractivity contribution in [2.75, 3.05) is 24.9 Å². The van der Waals surface area contributed by atoms with Crippen molar-refractivity contribution in [3.63, 3.8) is 0 Å². The molecule has 0 fully saturated rings. The third-order valence-electron chi connectivity index (χ3n) is 3.21. The molecule has 2 N–H and O–H groups in total. The second-order valence-electron chi connectivity index (χ2n) is 5.18. The summed E-state index contributed by atoms with van der Waals surface area (Å²) in [6.07, 6.45) is -2.08. The number of aryl methyl sites for hydroxylation is 1. The SMILES string of the molecule is COC(=O)Nc1cc(OS(=O)(=O)c2ccc(C)cc2)nc(NC(=O)OC)[n+]1[O-]. The molecule has 0 aliphatic heterocycles. The molecule has 1 aromatic heterocycles. The van der Waals surface area contributed by atoms with Crippen molar-refractivity contribution in [3.05, 3.63) is 41.1 Å². The molecule has 0 aliphatic carbocycles. The molecule has 0 aliphatic rings. The summed E-state index contributed by atoms with van der Waals surface area (Å²) in [6, 6.07) is 6.62. The maximum absolute atomic E-state index is 12.4. The van der Waals surface area contributed by atoms with Crippen molar-refractivity contribution in [2.24, 2.45) is 0 Å². The van der Waals surface area contributed by atoms with Gasteiger partial charge < -0.3 is 18.9 Å². The van der Waals surface area contributed by atoms with E-state index in [1.165, 1.54) is 12.1 Å². The van der Waals surface area contributed by atoms with Gasteiger partial charge in [-0.25, -0.2) is 19.6 Å². The Bertz CT molecular complexity index is 953. The number of nitrogens with one attached hydrogen (secondary N) is 2. The van der Waals surface area contributed by atoms with E-state index in [1.54, 1.807) is 19.1 Å². The van der Waals surface area contributed by atoms with E-state index in [1.807, 2.05) is 10.6 Å². The second kappa shape index (κ2) is 8.39. The number of ether oxygens (including phenoxy) is 2. The molecule has 0 radical (unpaired) electrons. The van der Waals surface area contributed by atoms with Crippen molar-refractivity contribution in [1.29, 1.82) is 0 Å². The van der Waals surface area contributed by atoms with Crippen LogP contribution in [0.4, 0.5) is 21.4 Å². The van der Waals surface area contributed by atoms with Crippen LogP contribution < -0.4 is 19.5 Å². The summed E-state index contributed by atoms with van der Waals surface area (Å²) in [6.45, 7) is 1.78. The molecule has 0 unspecified atom stereocenters. The second-order valence-corrected chi connectivity index (χ2v) is 6.73. The van der Waals surface area contributed by atoms with Crippen LogP contribution in [-0.2, 0) is 19.6 Å². The van der Waals surface area contributed by atoms with Gasteiger partial charge in [-0.15, -0.1) is 0 Å². The number of nitrogens with zero attached hydrogens (tertiary/aromatic N) is 2. The minimum absolute atomic E-state index is 0.0131. The summed E-state index contributed by atoms with van der Waals surface area (Å²) in [4.78, 5) is 26.2. The van der Waals surface area contributed by atoms with Crippen molar-refractivity contribution in [1.82, 2.24) is 4.98 Å². The fourth-order valence-corrected chi connectivity index (χ4v) is 2.72. The fraction of sp³-hybridized carbons (Fsp3) is 0.200. The van der Waals surface area contributed by atoms with Crippen LogP contribution in [0.15, 0.2) is 35.2 Å². The molecule has 28 heavy (non-hydrogen) atoms. The van der Waals surface area contributed by atoms with Crippen molar-refractivity contribution >= 4 is 34.1 Å². The van der Waals surface area contributed by atoms with Crippen molar-refractivity contribution in [2.45, 2.75) is 11.8 Å². The highest BCUT2D eigenvalue weighted by Gasteiger charge is 2.24. The van der Waals surface area contributed by atoms with Gasteiger partial charge in [0.05, 0.1) is 20.3 Å². The first kappa shape index (κ1) is 20.7. The van der Waals surface area contributed by atoms with Crippen LogP contribution >= 0.6 is 0 Å². The average molecular weight is 412 g/mol. The van der Waals surface area contributed by atoms with E-state index in [0.29, 0.717) is 0 Å². The Morgan fingerprint density at radius 3 is 2.21 bits per heavy atom. The van der Waals surface area contributed by atoms with E-state index in [4.69, 9.17) is 4.18 Å². The molecule has 0 bridgehead atoms. The lowest BCUT2D eigenvalue weighted by Crippen LogP contribution is -2.38. The van der Waals surface area contributed by atoms with Gasteiger partial charge in [-0.1, -0.05) is 22.7 Å². The predicted octanol–water partition coefficient (Wildman–Crippen LogP) is 1.15. The van der Waals surface area contributed by atoms with Gasteiger partial charge in [0, 0.05) is 0 Å². The predicted molar refractivity (Wildman–Crippen MR) is 94.2 cm³/mol. The van der Waals surface area contributed by atoms with Crippen LogP contribution in [0.1, 0.15) is 5.56 Å². The minimum Gasteiger partial charge on any atom is -0.754 e. The number of carbonyl (C=O) groups is 2. The topological polar surface area (TPSA) is 160 Å². The Hall–Kier alpha value is -3.61. The van der Waals surface area contributed by atoms with Crippen molar-refractivity contribution in [3.8, 4) is 5.88 Å². The summed E-state index contributed by atoms with van der Waals surface area (Å²) < 4.78 is 38.5. The van der Waals surface area contributed by atoms with E-state index in [2.05, 4.69) is 14.5 Å². The first-order valence-corrected chi connectivity index (χ1v) is 8.93. The zero-order valence-corrected chi connectivity index (χ0v) is 15.8. The third-order valence-corrected chi connectivity index (χ3v) is 4.45. The smallest absolute Gasteiger partial charge is 0.460 e. The molecule has 0 saturated heterocycles. The molecular weight excluding hydrogens is 396 g/mol. The van der Waals surface area contributed by atoms with Crippen LogP contribution in [0.5, 0.6) is 5.88 Å². The van der Waals surface area contributed by atoms with Crippen LogP contribution in [-0.4, -0.2) is 39.8 Å². The molecule has 0 spiro atoms. The van der Waals surface area contributed by atoms with Gasteiger partial charge in [-0.05, 0) is 19.1 Å². The third kappa shape index (κ3) is 4.97. The molecule has 150 valence electrons. The van der Waals surface area contributed by atoms with Gasteiger partial charge in [-0.3, -0.25) is 0 Å². The Kier molecular flexibility index (Phi) is 6.20. The Labute approximate surface area is 159 Å². The molecule has 2 aromatic rings. The summed E-state index contributed by atoms with van der Waals surface area (Å²) in [7, 11) is -2.21. The number of carbonyl (C=O) groups excluding carboxylic acids is 2. The normalized spacial score (nSPS) is 10.7. The maximum atomic E-state index is 12.4. The Morgan fingerprint density at radius 1 is 1.07 bits per heavy atom. The molecule has 0 atom stereocenters. The highest BCUT2D eigenvalue weighted by atomic mass is 32.2. The Balaban J connectivity index is 2.45. The van der Waals surface area contributed by atoms with Crippen LogP contribution in [0, 0.1) is 12.1 Å². The lowest BCUT2D eigenvalue weighted by molar-refractivity contribution is -0.577. The standard InChI is InChI=1S/C15H16N4O8S/c1-9-4-6-10(7-5-9)28(23,24)27-12-8-11(16-14(20)25-2)19(22)13(17-12)18-15(21)26-3/h4-8H,1-3H3,(H,16,20)(H,17,18,21). The largest absolute Gasteiger partial charge is 0.754 e. The maximum Gasteiger partial charge on any atom is 0.460 e. The number of amides is 2. The fourth-order valence-electron chi connectivity index (χ4n) is 1.84. The lowest BCUT2D eigenvalue weighted by Gasteiger charge is -2.15. The zero-order chi connectivity index (χ0) is 20.9. The molecule has 2 rings (SSSR count). The summed E-state index contributed by atoms with van der Waals surface area (Å²) in [5.74, 6) is -1.80. The molecule has 0 saturated carbocycles. The molecular formula is C15H16N4O8S. The number of rotatable bonds is 5. The average Bonchev–Trinajstić information content (AvgIpc) is 2.65. The molecule has 2 amide bonds. The number of methoxy groups -OCH3 is 2. The number of anilines is 2. The van der Waals surface area contributed by atoms with Gasteiger partial charge in [0.2, 0.25) is 5.82 Å². The van der Waals surface area contributed by atoms with Gasteiger partial charge in [0.25, 0.3) is 5.88 Å². The van der Waals surface area contributed by atoms with E-state index in [9.17, 15) is 23.2 Å². The number of aromatic nitrogens is 2. The van der Waals surface area contributed by atoms with Crippen LogP contribution in [0.25, 0.3) is 0 Å². The van der Waals surface area contributed by atoms with E-state index in [0.717, 1.165) is 25.8 Å². The number of hydrogen-bond donors (Lipinski definition) is 2. The van der Waals surface area contributed by atoms with Crippen molar-refractivity contribution < 1.29 is 36.4 Å². The summed E-state index contributed by atoms with van der Waals surface area (Å²) >= 11 is 0. The van der Waals surface area contributed by atoms with Crippen LogP contribution in [0.2, 0.25) is 0 Å². The van der Waals surface area contributed by atoms with E-state index >= 15 is 0 Å². The summed E-state index contributed by atoms with van der Waals surface area (Å²) in [5, 5.41) is 16.2. The molecule has 1 aromatic carbocycles. The lowest BCUT2D eigenvalue weighted by atomic mass is 10.2. The van der Waals surface area contributed by atoms with Gasteiger partial charge in [-0.2, -0.15) is 13.7 Å². The zero-order valence-electron chi connectivity index (χ0n) is 15.0.